The Balaban J connectivity index is 1.08. The second-order valence-electron chi connectivity index (χ2n) is 12.9. The van der Waals surface area contributed by atoms with E-state index < -0.39 is 0 Å². The number of allylic oxidation sites excluding steroid dienone is 13. The van der Waals surface area contributed by atoms with E-state index in [0.29, 0.717) is 5.56 Å². The minimum Gasteiger partial charge on any atom is -0.354 e. The van der Waals surface area contributed by atoms with Crippen LogP contribution in [0.15, 0.2) is 187 Å². The van der Waals surface area contributed by atoms with Gasteiger partial charge in [-0.1, -0.05) is 140 Å². The van der Waals surface area contributed by atoms with Crippen molar-refractivity contribution in [2.45, 2.75) is 6.42 Å². The molecule has 1 aromatic heterocycles. The van der Waals surface area contributed by atoms with Crippen LogP contribution in [0.4, 0.5) is 0 Å². The Hall–Kier alpha value is -6.43. The topological polar surface area (TPSA) is 39.6 Å². The Morgan fingerprint density at radius 3 is 2.22 bits per heavy atom. The summed E-state index contributed by atoms with van der Waals surface area (Å²) in [7, 11) is 0. The van der Waals surface area contributed by atoms with E-state index in [1.54, 1.807) is 0 Å². The molecule has 6 aromatic rings. The maximum absolute atomic E-state index is 9.63. The summed E-state index contributed by atoms with van der Waals surface area (Å²) < 4.78 is 0. The number of H-pyrrole nitrogens is 1. The van der Waals surface area contributed by atoms with E-state index in [0.717, 1.165) is 39.7 Å². The minimum absolute atomic E-state index is 0.148. The maximum atomic E-state index is 9.63. The number of nitrogens with one attached hydrogen (secondary N) is 1. The first-order chi connectivity index (χ1) is 24.2. The molecule has 0 radical (unpaired) electrons. The van der Waals surface area contributed by atoms with Gasteiger partial charge in [-0.25, -0.2) is 0 Å². The number of nitriles is 1. The van der Waals surface area contributed by atoms with Gasteiger partial charge in [-0.2, -0.15) is 5.26 Å². The molecular weight excluding hydrogens is 593 g/mol. The Morgan fingerprint density at radius 2 is 1.39 bits per heavy atom. The molecule has 1 heterocycles. The number of rotatable bonds is 4. The van der Waals surface area contributed by atoms with E-state index >= 15 is 0 Å². The van der Waals surface area contributed by atoms with Gasteiger partial charge in [0.15, 0.2) is 0 Å². The van der Waals surface area contributed by atoms with Crippen molar-refractivity contribution in [3.05, 3.63) is 203 Å². The molecule has 0 amide bonds. The van der Waals surface area contributed by atoms with Crippen LogP contribution in [0.25, 0.3) is 55.2 Å². The SMILES string of the molecule is C=C1C(c2ccc3[nH]c4cccc(-c5ccc(-c6ccccc6C#N)cc5)c4c3c2)=CC=C2C=CC3=C(CC=C(c4ccccc4)C=C3)C12. The first-order valence-corrected chi connectivity index (χ1v) is 16.8. The molecule has 0 spiro atoms. The van der Waals surface area contributed by atoms with Crippen LogP contribution in [0.1, 0.15) is 23.1 Å². The lowest BCUT2D eigenvalue weighted by Crippen LogP contribution is -2.17. The van der Waals surface area contributed by atoms with E-state index in [9.17, 15) is 5.26 Å². The van der Waals surface area contributed by atoms with E-state index in [2.05, 4.69) is 145 Å². The van der Waals surface area contributed by atoms with E-state index in [-0.39, 0.29) is 5.92 Å². The number of aromatic nitrogens is 1. The standard InChI is InChI=1S/C47H32N2/c1-30-39(25-23-36-21-20-35-15-14-32(22-26-42(35)46(30)36)31-8-3-2-4-9-31)37-24-27-44-43(28-37)47-41(12-7-13-45(47)49-44)34-18-16-33(17-19-34)40-11-6-5-10-38(40)29-48/h2-25,27-28,46,49H,1,26H2. The van der Waals surface area contributed by atoms with Gasteiger partial charge in [-0.05, 0) is 97.5 Å². The molecule has 2 nitrogen and oxygen atoms in total. The van der Waals surface area contributed by atoms with Crippen molar-refractivity contribution < 1.29 is 0 Å². The smallest absolute Gasteiger partial charge is 0.0998 e. The van der Waals surface area contributed by atoms with Crippen LogP contribution in [0.5, 0.6) is 0 Å². The lowest BCUT2D eigenvalue weighted by Gasteiger charge is -2.32. The summed E-state index contributed by atoms with van der Waals surface area (Å²) in [6, 6.07) is 42.5. The average molecular weight is 625 g/mol. The van der Waals surface area contributed by atoms with Crippen molar-refractivity contribution in [1.82, 2.24) is 4.98 Å². The van der Waals surface area contributed by atoms with E-state index in [4.69, 9.17) is 6.58 Å². The van der Waals surface area contributed by atoms with Gasteiger partial charge in [0, 0.05) is 27.7 Å². The predicted octanol–water partition coefficient (Wildman–Crippen LogP) is 11.9. The summed E-state index contributed by atoms with van der Waals surface area (Å²) >= 11 is 0. The fourth-order valence-electron chi connectivity index (χ4n) is 7.78. The van der Waals surface area contributed by atoms with Crippen LogP contribution >= 0.6 is 0 Å². The summed E-state index contributed by atoms with van der Waals surface area (Å²) in [6.45, 7) is 4.75. The third-order valence-electron chi connectivity index (χ3n) is 10.2. The molecule has 0 saturated heterocycles. The van der Waals surface area contributed by atoms with Gasteiger partial charge in [-0.3, -0.25) is 0 Å². The Labute approximate surface area is 286 Å². The molecule has 0 bridgehead atoms. The zero-order valence-electron chi connectivity index (χ0n) is 26.9. The van der Waals surface area contributed by atoms with Crippen LogP contribution in [-0.2, 0) is 0 Å². The molecule has 2 heteroatoms. The summed E-state index contributed by atoms with van der Waals surface area (Å²) in [5.41, 5.74) is 17.2. The van der Waals surface area contributed by atoms with Crippen LogP contribution in [-0.4, -0.2) is 4.98 Å². The van der Waals surface area contributed by atoms with Gasteiger partial charge in [-0.15, -0.1) is 0 Å². The minimum atomic E-state index is 0.148. The highest BCUT2D eigenvalue weighted by Crippen LogP contribution is 2.46. The normalized spacial score (nSPS) is 16.8. The number of aromatic amines is 1. The van der Waals surface area contributed by atoms with Crippen molar-refractivity contribution in [1.29, 1.82) is 5.26 Å². The van der Waals surface area contributed by atoms with Gasteiger partial charge in [0.1, 0.15) is 0 Å². The van der Waals surface area contributed by atoms with Crippen molar-refractivity contribution in [2.75, 3.05) is 0 Å². The zero-order valence-corrected chi connectivity index (χ0v) is 26.9. The van der Waals surface area contributed by atoms with Gasteiger partial charge in [0.2, 0.25) is 0 Å². The van der Waals surface area contributed by atoms with Gasteiger partial charge < -0.3 is 4.98 Å². The molecule has 49 heavy (non-hydrogen) atoms. The fraction of sp³-hybridized carbons (Fsp3) is 0.0426. The van der Waals surface area contributed by atoms with Crippen molar-refractivity contribution in [3.63, 3.8) is 0 Å². The molecule has 0 saturated carbocycles. The maximum Gasteiger partial charge on any atom is 0.0998 e. The Kier molecular flexibility index (Phi) is 6.85. The third kappa shape index (κ3) is 4.87. The van der Waals surface area contributed by atoms with Crippen LogP contribution in [0.2, 0.25) is 0 Å². The van der Waals surface area contributed by atoms with Gasteiger partial charge >= 0.3 is 0 Å². The van der Waals surface area contributed by atoms with Crippen molar-refractivity contribution in [3.8, 4) is 28.3 Å². The molecule has 3 aliphatic rings. The average Bonchev–Trinajstić information content (AvgIpc) is 3.39. The third-order valence-corrected chi connectivity index (χ3v) is 10.2. The molecule has 0 fully saturated rings. The quantitative estimate of drug-likeness (QED) is 0.208. The van der Waals surface area contributed by atoms with Gasteiger partial charge in [0.05, 0.1) is 11.6 Å². The zero-order chi connectivity index (χ0) is 32.9. The van der Waals surface area contributed by atoms with Crippen LogP contribution in [0.3, 0.4) is 0 Å². The number of nitrogens with zero attached hydrogens (tertiary/aromatic N) is 1. The number of benzene rings is 5. The molecule has 1 N–H and O–H groups in total. The molecule has 1 atom stereocenters. The van der Waals surface area contributed by atoms with Crippen LogP contribution < -0.4 is 0 Å². The second kappa shape index (κ2) is 11.7. The van der Waals surface area contributed by atoms with E-state index in [1.165, 1.54) is 55.3 Å². The summed E-state index contributed by atoms with van der Waals surface area (Å²) in [4.78, 5) is 3.67. The second-order valence-corrected chi connectivity index (χ2v) is 12.9. The summed E-state index contributed by atoms with van der Waals surface area (Å²) in [5, 5.41) is 12.0. The number of hydrogen-bond acceptors (Lipinski definition) is 1. The lowest BCUT2D eigenvalue weighted by molar-refractivity contribution is 0.832. The Bertz CT molecular complexity index is 2570. The molecular formula is C47H32N2. The largest absolute Gasteiger partial charge is 0.354 e. The lowest BCUT2D eigenvalue weighted by atomic mass is 9.72. The van der Waals surface area contributed by atoms with E-state index in [1.807, 2.05) is 24.3 Å². The molecule has 9 rings (SSSR count). The monoisotopic (exact) mass is 624 g/mol. The number of hydrogen-bond donors (Lipinski definition) is 1. The number of fused-ring (bicyclic) bond motifs is 5. The highest BCUT2D eigenvalue weighted by Gasteiger charge is 2.30. The summed E-state index contributed by atoms with van der Waals surface area (Å²) in [6.07, 6.45) is 16.8. The molecule has 5 aromatic carbocycles. The molecule has 0 aliphatic heterocycles. The Morgan fingerprint density at radius 1 is 0.653 bits per heavy atom. The molecule has 1 unspecified atom stereocenters. The first kappa shape index (κ1) is 28.8. The fourth-order valence-corrected chi connectivity index (χ4v) is 7.78. The highest BCUT2D eigenvalue weighted by atomic mass is 14.7. The highest BCUT2D eigenvalue weighted by molar-refractivity contribution is 6.15. The van der Waals surface area contributed by atoms with Crippen LogP contribution in [0, 0.1) is 17.2 Å². The van der Waals surface area contributed by atoms with Crippen molar-refractivity contribution >= 4 is 33.0 Å². The van der Waals surface area contributed by atoms with Gasteiger partial charge in [0.25, 0.3) is 0 Å². The predicted molar refractivity (Wildman–Crippen MR) is 204 cm³/mol. The first-order valence-electron chi connectivity index (χ1n) is 16.8. The molecule has 3 aliphatic carbocycles. The summed E-state index contributed by atoms with van der Waals surface area (Å²) in [5.74, 6) is 0.148. The van der Waals surface area contributed by atoms with Crippen molar-refractivity contribution in [2.24, 2.45) is 5.92 Å². The molecule has 230 valence electrons.